The average molecular weight is 475 g/mol. The van der Waals surface area contributed by atoms with Gasteiger partial charge < -0.3 is 25.6 Å². The Morgan fingerprint density at radius 3 is 2.03 bits per heavy atom. The van der Waals surface area contributed by atoms with Crippen molar-refractivity contribution < 1.29 is 29.3 Å². The highest BCUT2D eigenvalue weighted by atomic mass is 16.5. The number of aliphatic hydroxyl groups is 1. The second-order valence-electron chi connectivity index (χ2n) is 8.31. The van der Waals surface area contributed by atoms with E-state index in [9.17, 15) is 19.5 Å². The molecular formula is C27H26N2O6. The van der Waals surface area contributed by atoms with Crippen LogP contribution in [0.25, 0.3) is 11.1 Å². The molecule has 35 heavy (non-hydrogen) atoms. The Labute approximate surface area is 202 Å². The molecule has 0 saturated heterocycles. The maximum atomic E-state index is 12.7. The van der Waals surface area contributed by atoms with Gasteiger partial charge in [0.15, 0.2) is 6.10 Å². The number of aliphatic carboxylic acids is 1. The van der Waals surface area contributed by atoms with Gasteiger partial charge in [-0.05, 0) is 27.8 Å². The highest BCUT2D eigenvalue weighted by Crippen LogP contribution is 2.44. The van der Waals surface area contributed by atoms with Crippen molar-refractivity contribution in [2.24, 2.45) is 0 Å². The SMILES string of the molecule is O=C(N[C@@H](Cc1ccccc1)C(=O)NC[C@H](O)C(=O)O)OCC1c2ccccc2-c2ccccc21. The fourth-order valence-corrected chi connectivity index (χ4v) is 4.25. The number of fused-ring (bicyclic) bond motifs is 3. The molecule has 2 amide bonds. The van der Waals surface area contributed by atoms with Gasteiger partial charge in [0.05, 0.1) is 6.54 Å². The van der Waals surface area contributed by atoms with Crippen LogP contribution in [0, 0.1) is 0 Å². The van der Waals surface area contributed by atoms with Gasteiger partial charge in [0.2, 0.25) is 5.91 Å². The summed E-state index contributed by atoms with van der Waals surface area (Å²) in [5.74, 6) is -2.20. The second kappa shape index (κ2) is 10.8. The summed E-state index contributed by atoms with van der Waals surface area (Å²) in [5.41, 5.74) is 5.15. The molecule has 0 aliphatic heterocycles. The van der Waals surface area contributed by atoms with Gasteiger partial charge in [-0.3, -0.25) is 4.79 Å². The van der Waals surface area contributed by atoms with Crippen molar-refractivity contribution in [1.82, 2.24) is 10.6 Å². The van der Waals surface area contributed by atoms with Crippen LogP contribution in [0.1, 0.15) is 22.6 Å². The first-order valence-electron chi connectivity index (χ1n) is 11.3. The van der Waals surface area contributed by atoms with Crippen LogP contribution in [0.15, 0.2) is 78.9 Å². The number of alkyl carbamates (subject to hydrolysis) is 1. The summed E-state index contributed by atoms with van der Waals surface area (Å²) in [6.45, 7) is -0.386. The van der Waals surface area contributed by atoms with E-state index >= 15 is 0 Å². The summed E-state index contributed by atoms with van der Waals surface area (Å²) in [4.78, 5) is 36.3. The molecule has 0 spiro atoms. The number of ether oxygens (including phenoxy) is 1. The number of amides is 2. The van der Waals surface area contributed by atoms with E-state index < -0.39 is 36.7 Å². The summed E-state index contributed by atoms with van der Waals surface area (Å²) >= 11 is 0. The number of hydrogen-bond donors (Lipinski definition) is 4. The van der Waals surface area contributed by atoms with Crippen LogP contribution in [0.2, 0.25) is 0 Å². The van der Waals surface area contributed by atoms with Crippen LogP contribution in [-0.2, 0) is 20.7 Å². The predicted octanol–water partition coefficient (Wildman–Crippen LogP) is 2.70. The molecule has 0 bridgehead atoms. The molecule has 0 unspecified atom stereocenters. The lowest BCUT2D eigenvalue weighted by molar-refractivity contribution is -0.146. The third kappa shape index (κ3) is 5.67. The lowest BCUT2D eigenvalue weighted by atomic mass is 9.98. The van der Waals surface area contributed by atoms with Crippen LogP contribution < -0.4 is 10.6 Å². The summed E-state index contributed by atoms with van der Waals surface area (Å²) in [7, 11) is 0. The predicted molar refractivity (Wildman–Crippen MR) is 129 cm³/mol. The number of carboxylic acids is 1. The van der Waals surface area contributed by atoms with E-state index in [1.165, 1.54) is 0 Å². The van der Waals surface area contributed by atoms with Crippen molar-refractivity contribution in [2.75, 3.05) is 13.2 Å². The zero-order chi connectivity index (χ0) is 24.8. The first-order chi connectivity index (χ1) is 16.9. The number of carbonyl (C=O) groups excluding carboxylic acids is 2. The summed E-state index contributed by atoms with van der Waals surface area (Å²) in [6, 6.07) is 24.0. The molecule has 0 fully saturated rings. The number of hydrogen-bond acceptors (Lipinski definition) is 5. The minimum absolute atomic E-state index is 0.0945. The smallest absolute Gasteiger partial charge is 0.407 e. The molecule has 8 nitrogen and oxygen atoms in total. The number of nitrogens with one attached hydrogen (secondary N) is 2. The van der Waals surface area contributed by atoms with Gasteiger partial charge in [0, 0.05) is 12.3 Å². The number of benzene rings is 3. The summed E-state index contributed by atoms with van der Waals surface area (Å²) in [5, 5.41) is 23.3. The minimum atomic E-state index is -1.74. The first kappa shape index (κ1) is 24.0. The average Bonchev–Trinajstić information content (AvgIpc) is 3.19. The number of rotatable bonds is 9. The Hall–Kier alpha value is -4.17. The first-order valence-corrected chi connectivity index (χ1v) is 11.3. The van der Waals surface area contributed by atoms with E-state index in [4.69, 9.17) is 9.84 Å². The Kier molecular flexibility index (Phi) is 7.42. The van der Waals surface area contributed by atoms with Crippen molar-refractivity contribution in [3.8, 4) is 11.1 Å². The largest absolute Gasteiger partial charge is 0.479 e. The fourth-order valence-electron chi connectivity index (χ4n) is 4.25. The zero-order valence-corrected chi connectivity index (χ0v) is 18.9. The van der Waals surface area contributed by atoms with Crippen molar-refractivity contribution >= 4 is 18.0 Å². The van der Waals surface area contributed by atoms with Gasteiger partial charge in [-0.25, -0.2) is 9.59 Å². The molecule has 1 aliphatic rings. The molecule has 3 aromatic carbocycles. The molecule has 1 aliphatic carbocycles. The molecular weight excluding hydrogens is 448 g/mol. The second-order valence-corrected chi connectivity index (χ2v) is 8.31. The van der Waals surface area contributed by atoms with E-state index in [2.05, 4.69) is 10.6 Å². The number of carbonyl (C=O) groups is 3. The lowest BCUT2D eigenvalue weighted by Crippen LogP contribution is -2.50. The molecule has 8 heteroatoms. The molecule has 0 heterocycles. The molecule has 4 N–H and O–H groups in total. The van der Waals surface area contributed by atoms with Gasteiger partial charge >= 0.3 is 12.1 Å². The van der Waals surface area contributed by atoms with Crippen LogP contribution in [0.5, 0.6) is 0 Å². The lowest BCUT2D eigenvalue weighted by Gasteiger charge is -2.20. The monoisotopic (exact) mass is 474 g/mol. The Morgan fingerprint density at radius 1 is 0.857 bits per heavy atom. The van der Waals surface area contributed by atoms with Gasteiger partial charge in [-0.15, -0.1) is 0 Å². The van der Waals surface area contributed by atoms with Crippen LogP contribution in [0.4, 0.5) is 4.79 Å². The normalized spacial score (nSPS) is 13.7. The zero-order valence-electron chi connectivity index (χ0n) is 18.9. The maximum absolute atomic E-state index is 12.7. The van der Waals surface area contributed by atoms with Crippen LogP contribution in [0.3, 0.4) is 0 Å². The number of carboxylic acid groups (broad SMARTS) is 1. The highest BCUT2D eigenvalue weighted by Gasteiger charge is 2.30. The van der Waals surface area contributed by atoms with Gasteiger partial charge in [-0.2, -0.15) is 0 Å². The molecule has 0 radical (unpaired) electrons. The van der Waals surface area contributed by atoms with Crippen molar-refractivity contribution in [3.63, 3.8) is 0 Å². The molecule has 0 saturated carbocycles. The summed E-state index contributed by atoms with van der Waals surface area (Å²) in [6.07, 6.45) is -2.34. The Bertz CT molecular complexity index is 1170. The topological polar surface area (TPSA) is 125 Å². The van der Waals surface area contributed by atoms with E-state index in [0.29, 0.717) is 0 Å². The fraction of sp³-hybridized carbons (Fsp3) is 0.222. The minimum Gasteiger partial charge on any atom is -0.479 e. The maximum Gasteiger partial charge on any atom is 0.407 e. The van der Waals surface area contributed by atoms with Crippen LogP contribution >= 0.6 is 0 Å². The van der Waals surface area contributed by atoms with E-state index in [1.54, 1.807) is 0 Å². The van der Waals surface area contributed by atoms with E-state index in [0.717, 1.165) is 27.8 Å². The van der Waals surface area contributed by atoms with E-state index in [1.807, 2.05) is 78.9 Å². The van der Waals surface area contributed by atoms with Crippen molar-refractivity contribution in [2.45, 2.75) is 24.5 Å². The molecule has 2 atom stereocenters. The van der Waals surface area contributed by atoms with E-state index in [-0.39, 0.29) is 18.9 Å². The molecule has 0 aromatic heterocycles. The van der Waals surface area contributed by atoms with Crippen LogP contribution in [-0.4, -0.2) is 53.5 Å². The molecule has 180 valence electrons. The van der Waals surface area contributed by atoms with Gasteiger partial charge in [-0.1, -0.05) is 78.9 Å². The molecule has 3 aromatic rings. The summed E-state index contributed by atoms with van der Waals surface area (Å²) < 4.78 is 5.55. The van der Waals surface area contributed by atoms with Gasteiger partial charge in [0.1, 0.15) is 12.6 Å². The van der Waals surface area contributed by atoms with Crippen molar-refractivity contribution in [1.29, 1.82) is 0 Å². The molecule has 4 rings (SSSR count). The Morgan fingerprint density at radius 2 is 1.43 bits per heavy atom. The highest BCUT2D eigenvalue weighted by molar-refractivity contribution is 5.86. The van der Waals surface area contributed by atoms with Gasteiger partial charge in [0.25, 0.3) is 0 Å². The third-order valence-corrected chi connectivity index (χ3v) is 5.99. The quantitative estimate of drug-likeness (QED) is 0.378. The van der Waals surface area contributed by atoms with Crippen molar-refractivity contribution in [3.05, 3.63) is 95.6 Å². The number of aliphatic hydroxyl groups excluding tert-OH is 1. The standard InChI is InChI=1S/C27H26N2O6/c30-24(26(32)33)15-28-25(31)23(14-17-8-2-1-3-9-17)29-27(34)35-16-22-20-12-6-4-10-18(20)19-11-5-7-13-21(19)22/h1-13,22-24,30H,14-16H2,(H,28,31)(H,29,34)(H,32,33)/t23-,24-/m0/s1. The third-order valence-electron chi connectivity index (χ3n) is 5.99. The Balaban J connectivity index is 1.43.